The second kappa shape index (κ2) is 9.18. The van der Waals surface area contributed by atoms with Crippen molar-refractivity contribution >= 4 is 29.0 Å². The monoisotopic (exact) mass is 403 g/mol. The van der Waals surface area contributed by atoms with Crippen LogP contribution in [-0.4, -0.2) is 30.8 Å². The molecule has 1 aromatic carbocycles. The number of benzene rings is 1. The average Bonchev–Trinajstić information content (AvgIpc) is 3.11. The molecule has 1 fully saturated rings. The minimum absolute atomic E-state index is 0.00767. The van der Waals surface area contributed by atoms with Crippen LogP contribution >= 0.6 is 11.8 Å². The van der Waals surface area contributed by atoms with Crippen LogP contribution in [0.1, 0.15) is 57.7 Å². The van der Waals surface area contributed by atoms with Gasteiger partial charge in [-0.3, -0.25) is 14.9 Å². The quantitative estimate of drug-likeness (QED) is 0.418. The second-order valence-corrected chi connectivity index (χ2v) is 8.28. The molecule has 8 nitrogen and oxygen atoms in total. The molecule has 1 atom stereocenters. The average molecular weight is 404 g/mol. The molecule has 1 aliphatic rings. The van der Waals surface area contributed by atoms with Crippen molar-refractivity contribution in [2.24, 2.45) is 0 Å². The van der Waals surface area contributed by atoms with Gasteiger partial charge in [-0.05, 0) is 38.8 Å². The zero-order valence-corrected chi connectivity index (χ0v) is 16.9. The van der Waals surface area contributed by atoms with Crippen LogP contribution in [-0.2, 0) is 11.3 Å². The summed E-state index contributed by atoms with van der Waals surface area (Å²) in [6, 6.07) is 5.81. The first-order chi connectivity index (χ1) is 13.5. The molecule has 9 heteroatoms. The molecule has 0 bridgehead atoms. The highest BCUT2D eigenvalue weighted by Crippen LogP contribution is 2.34. The fourth-order valence-electron chi connectivity index (χ4n) is 3.47. The van der Waals surface area contributed by atoms with E-state index in [1.165, 1.54) is 55.3 Å². The van der Waals surface area contributed by atoms with Crippen LogP contribution in [0.3, 0.4) is 0 Å². The molecular formula is C19H25N5O3S. The van der Waals surface area contributed by atoms with Gasteiger partial charge in [0.1, 0.15) is 5.82 Å². The molecule has 1 heterocycles. The first-order valence-electron chi connectivity index (χ1n) is 9.64. The highest BCUT2D eigenvalue weighted by Gasteiger charge is 2.25. The molecule has 1 N–H and O–H groups in total. The van der Waals surface area contributed by atoms with E-state index in [1.807, 2.05) is 6.92 Å². The highest BCUT2D eigenvalue weighted by molar-refractivity contribution is 8.00. The van der Waals surface area contributed by atoms with Crippen molar-refractivity contribution in [3.05, 3.63) is 40.2 Å². The van der Waals surface area contributed by atoms with Crippen molar-refractivity contribution in [1.29, 1.82) is 0 Å². The minimum atomic E-state index is -0.467. The van der Waals surface area contributed by atoms with Crippen LogP contribution in [0.2, 0.25) is 0 Å². The first-order valence-corrected chi connectivity index (χ1v) is 10.5. The summed E-state index contributed by atoms with van der Waals surface area (Å²) in [4.78, 5) is 22.8. The van der Waals surface area contributed by atoms with Gasteiger partial charge in [-0.1, -0.05) is 31.0 Å². The Morgan fingerprint density at radius 3 is 2.57 bits per heavy atom. The number of nitrogens with zero attached hydrogens (tertiary/aromatic N) is 4. The van der Waals surface area contributed by atoms with Crippen LogP contribution in [0.25, 0.3) is 0 Å². The van der Waals surface area contributed by atoms with Crippen molar-refractivity contribution in [3.63, 3.8) is 0 Å². The maximum atomic E-state index is 12.5. The van der Waals surface area contributed by atoms with Gasteiger partial charge < -0.3 is 9.88 Å². The van der Waals surface area contributed by atoms with Crippen LogP contribution in [0, 0.1) is 10.1 Å². The molecule has 28 heavy (non-hydrogen) atoms. The van der Waals surface area contributed by atoms with Crippen molar-refractivity contribution in [2.45, 2.75) is 68.8 Å². The number of nitro benzene ring substituents is 1. The Morgan fingerprint density at radius 2 is 1.96 bits per heavy atom. The summed E-state index contributed by atoms with van der Waals surface area (Å²) in [5, 5.41) is 22.7. The van der Waals surface area contributed by atoms with E-state index in [1.54, 1.807) is 0 Å². The van der Waals surface area contributed by atoms with E-state index < -0.39 is 4.92 Å². The Labute approximate surface area is 168 Å². The number of nitro groups is 1. The highest BCUT2D eigenvalue weighted by atomic mass is 32.2. The molecule has 0 spiro atoms. The third-order valence-corrected chi connectivity index (χ3v) is 6.11. The molecule has 1 saturated carbocycles. The minimum Gasteiger partial charge on any atom is -0.325 e. The van der Waals surface area contributed by atoms with Crippen molar-refractivity contribution < 1.29 is 9.72 Å². The fraction of sp³-hybridized carbons (Fsp3) is 0.526. The van der Waals surface area contributed by atoms with Gasteiger partial charge in [-0.15, -0.1) is 10.2 Å². The summed E-state index contributed by atoms with van der Waals surface area (Å²) in [5.74, 6) is 1.32. The molecule has 0 saturated heterocycles. The van der Waals surface area contributed by atoms with E-state index in [-0.39, 0.29) is 16.8 Å². The normalized spacial score (nSPS) is 15.9. The maximum absolute atomic E-state index is 12.5. The van der Waals surface area contributed by atoms with Crippen molar-refractivity contribution in [1.82, 2.24) is 14.8 Å². The fourth-order valence-corrected chi connectivity index (χ4v) is 4.39. The molecule has 0 radical (unpaired) electrons. The van der Waals surface area contributed by atoms with Gasteiger partial charge in [-0.25, -0.2) is 0 Å². The zero-order chi connectivity index (χ0) is 20.1. The van der Waals surface area contributed by atoms with Gasteiger partial charge in [0.05, 0.1) is 10.2 Å². The second-order valence-electron chi connectivity index (χ2n) is 6.97. The third kappa shape index (κ3) is 4.70. The number of rotatable bonds is 7. The van der Waals surface area contributed by atoms with Gasteiger partial charge >= 0.3 is 0 Å². The number of carbonyl (C=O) groups is 1. The van der Waals surface area contributed by atoms with E-state index in [0.29, 0.717) is 11.6 Å². The number of hydrogen-bond acceptors (Lipinski definition) is 6. The third-order valence-electron chi connectivity index (χ3n) is 5.03. The number of aromatic nitrogens is 3. The molecule has 1 unspecified atom stereocenters. The van der Waals surface area contributed by atoms with Crippen LogP contribution in [0.5, 0.6) is 0 Å². The van der Waals surface area contributed by atoms with Gasteiger partial charge in [0, 0.05) is 30.3 Å². The number of non-ortho nitro benzene ring substituents is 1. The van der Waals surface area contributed by atoms with Gasteiger partial charge in [0.2, 0.25) is 5.91 Å². The van der Waals surface area contributed by atoms with E-state index in [0.717, 1.165) is 30.4 Å². The summed E-state index contributed by atoms with van der Waals surface area (Å²) in [6.07, 6.45) is 6.06. The predicted octanol–water partition coefficient (Wildman–Crippen LogP) is 4.37. The summed E-state index contributed by atoms with van der Waals surface area (Å²) in [6.45, 7) is 4.67. The maximum Gasteiger partial charge on any atom is 0.269 e. The van der Waals surface area contributed by atoms with Crippen LogP contribution < -0.4 is 5.32 Å². The number of anilines is 1. The Kier molecular flexibility index (Phi) is 6.66. The molecule has 1 aliphatic carbocycles. The van der Waals surface area contributed by atoms with Gasteiger partial charge in [0.25, 0.3) is 5.69 Å². The summed E-state index contributed by atoms with van der Waals surface area (Å²) in [7, 11) is 0. The lowest BCUT2D eigenvalue weighted by Crippen LogP contribution is -2.23. The summed E-state index contributed by atoms with van der Waals surface area (Å²) >= 11 is 1.38. The molecule has 0 aliphatic heterocycles. The number of nitrogens with one attached hydrogen (secondary N) is 1. The van der Waals surface area contributed by atoms with E-state index in [2.05, 4.69) is 27.0 Å². The first kappa shape index (κ1) is 20.3. The molecular weight excluding hydrogens is 378 g/mol. The van der Waals surface area contributed by atoms with E-state index in [9.17, 15) is 14.9 Å². The zero-order valence-electron chi connectivity index (χ0n) is 16.1. The van der Waals surface area contributed by atoms with Gasteiger partial charge in [-0.2, -0.15) is 0 Å². The molecule has 1 aromatic heterocycles. The Morgan fingerprint density at radius 1 is 1.29 bits per heavy atom. The number of amides is 1. The topological polar surface area (TPSA) is 103 Å². The van der Waals surface area contributed by atoms with Crippen LogP contribution in [0.15, 0.2) is 29.4 Å². The largest absolute Gasteiger partial charge is 0.325 e. The molecule has 1 amide bonds. The van der Waals surface area contributed by atoms with Crippen molar-refractivity contribution in [3.8, 4) is 0 Å². The molecule has 3 rings (SSSR count). The standard InChI is InChI=1S/C19H25N5O3S/c1-3-23-17(14-7-5-4-6-8-14)21-22-19(23)28-13(2)18(25)20-15-9-11-16(12-10-15)24(26)27/h9-14H,3-8H2,1-2H3,(H,20,25). The number of hydrogen-bond donors (Lipinski definition) is 1. The molecule has 2 aromatic rings. The summed E-state index contributed by atoms with van der Waals surface area (Å²) < 4.78 is 2.12. The number of thioether (sulfide) groups is 1. The van der Waals surface area contributed by atoms with E-state index in [4.69, 9.17) is 0 Å². The lowest BCUT2D eigenvalue weighted by molar-refractivity contribution is -0.384. The molecule has 150 valence electrons. The lowest BCUT2D eigenvalue weighted by Gasteiger charge is -2.21. The predicted molar refractivity (Wildman–Crippen MR) is 109 cm³/mol. The smallest absolute Gasteiger partial charge is 0.269 e. The van der Waals surface area contributed by atoms with E-state index >= 15 is 0 Å². The lowest BCUT2D eigenvalue weighted by atomic mass is 9.89. The Hall–Kier alpha value is -2.42. The Bertz CT molecular complexity index is 831. The van der Waals surface area contributed by atoms with Crippen LogP contribution in [0.4, 0.5) is 11.4 Å². The van der Waals surface area contributed by atoms with Gasteiger partial charge in [0.15, 0.2) is 5.16 Å². The summed E-state index contributed by atoms with van der Waals surface area (Å²) in [5.41, 5.74) is 0.523. The van der Waals surface area contributed by atoms with Crippen molar-refractivity contribution in [2.75, 3.05) is 5.32 Å². The number of carbonyl (C=O) groups excluding carboxylic acids is 1. The Balaban J connectivity index is 1.64. The SMILES string of the molecule is CCn1c(SC(C)C(=O)Nc2ccc([N+](=O)[O-])cc2)nnc1C1CCCCC1.